The summed E-state index contributed by atoms with van der Waals surface area (Å²) in [6, 6.07) is 6.08. The second-order valence-electron chi connectivity index (χ2n) is 10.6. The van der Waals surface area contributed by atoms with Crippen LogP contribution in [0.4, 0.5) is 0 Å². The lowest BCUT2D eigenvalue weighted by Gasteiger charge is -2.37. The van der Waals surface area contributed by atoms with Crippen molar-refractivity contribution in [1.29, 1.82) is 0 Å². The summed E-state index contributed by atoms with van der Waals surface area (Å²) in [5, 5.41) is 10.3. The van der Waals surface area contributed by atoms with Gasteiger partial charge in [0.2, 0.25) is 0 Å². The first-order chi connectivity index (χ1) is 21.3. The molecule has 0 amide bonds. The smallest absolute Gasteiger partial charge is 0.323 e. The number of esters is 2. The highest BCUT2D eigenvalue weighted by Gasteiger charge is 2.30. The Morgan fingerprint density at radius 2 is 1.43 bits per heavy atom. The summed E-state index contributed by atoms with van der Waals surface area (Å²) in [6.45, 7) is 9.14. The summed E-state index contributed by atoms with van der Waals surface area (Å²) in [4.78, 5) is 56.8. The normalized spacial score (nSPS) is 17.9. The van der Waals surface area contributed by atoms with Crippen molar-refractivity contribution >= 4 is 24.2 Å². The minimum atomic E-state index is -0.953. The third-order valence-corrected chi connectivity index (χ3v) is 7.81. The Kier molecular flexibility index (Phi) is 17.5. The Balaban J connectivity index is 2.27. The van der Waals surface area contributed by atoms with Crippen molar-refractivity contribution in [1.82, 2.24) is 19.6 Å². The zero-order chi connectivity index (χ0) is 32.3. The lowest BCUT2D eigenvalue weighted by Crippen LogP contribution is -2.53. The van der Waals surface area contributed by atoms with Gasteiger partial charge in [-0.2, -0.15) is 0 Å². The maximum Gasteiger partial charge on any atom is 0.323 e. The topological polar surface area (TPSA) is 138 Å². The number of benzene rings is 1. The van der Waals surface area contributed by atoms with Crippen LogP contribution in [0.15, 0.2) is 24.3 Å². The number of nitrogens with zero attached hydrogens (tertiary/aromatic N) is 4. The number of carboxylic acid groups (broad SMARTS) is 1. The van der Waals surface area contributed by atoms with Crippen molar-refractivity contribution in [2.45, 2.75) is 38.8 Å². The van der Waals surface area contributed by atoms with E-state index in [9.17, 15) is 24.3 Å². The van der Waals surface area contributed by atoms with Gasteiger partial charge < -0.3 is 28.8 Å². The molecule has 248 valence electrons. The largest absolute Gasteiger partial charge is 0.491 e. The molecule has 1 aliphatic heterocycles. The van der Waals surface area contributed by atoms with Gasteiger partial charge in [0.05, 0.1) is 33.9 Å². The average molecular weight is 623 g/mol. The standard InChI is InChI=1S/C31H50N4O9/c1-5-27(31(40)42-4)34-15-11-32(19-20-36)12-16-35(18-14-33(13-17-34)24-29(37)41-3)28(30(38)39)23-25-7-9-26(10-8-25)44-22-21-43-6-2/h7-10,20,27-28H,5-6,11-19,21-24H2,1-4H3,(H,38,39). The maximum atomic E-state index is 12.6. The van der Waals surface area contributed by atoms with Crippen molar-refractivity contribution < 1.29 is 43.2 Å². The van der Waals surface area contributed by atoms with Crippen molar-refractivity contribution in [2.24, 2.45) is 0 Å². The molecule has 1 aromatic carbocycles. The first-order valence-corrected chi connectivity index (χ1v) is 15.3. The van der Waals surface area contributed by atoms with Crippen LogP contribution in [0.25, 0.3) is 0 Å². The predicted molar refractivity (Wildman–Crippen MR) is 164 cm³/mol. The first kappa shape index (κ1) is 37.1. The van der Waals surface area contributed by atoms with Gasteiger partial charge in [-0.1, -0.05) is 19.1 Å². The Hall–Kier alpha value is -3.10. The maximum absolute atomic E-state index is 12.6. The van der Waals surface area contributed by atoms with Crippen LogP contribution in [0.5, 0.6) is 5.75 Å². The van der Waals surface area contributed by atoms with Crippen molar-refractivity contribution in [3.63, 3.8) is 0 Å². The summed E-state index contributed by atoms with van der Waals surface area (Å²) in [5.74, 6) is -1.00. The Bertz CT molecular complexity index is 1010. The summed E-state index contributed by atoms with van der Waals surface area (Å²) in [5.41, 5.74) is 0.848. The molecule has 1 saturated heterocycles. The van der Waals surface area contributed by atoms with Gasteiger partial charge in [0.1, 0.15) is 30.7 Å². The van der Waals surface area contributed by atoms with Crippen molar-refractivity contribution in [2.75, 3.05) is 99.5 Å². The van der Waals surface area contributed by atoms with E-state index < -0.39 is 24.0 Å². The van der Waals surface area contributed by atoms with Crippen LogP contribution in [-0.4, -0.2) is 160 Å². The van der Waals surface area contributed by atoms with Crippen LogP contribution in [0.3, 0.4) is 0 Å². The number of methoxy groups -OCH3 is 2. The number of ether oxygens (including phenoxy) is 4. The fraction of sp³-hybridized carbons (Fsp3) is 0.677. The number of aldehydes is 1. The van der Waals surface area contributed by atoms with Gasteiger partial charge in [-0.3, -0.25) is 34.0 Å². The van der Waals surface area contributed by atoms with Gasteiger partial charge in [0.15, 0.2) is 0 Å². The average Bonchev–Trinajstić information content (AvgIpc) is 3.02. The van der Waals surface area contributed by atoms with Crippen molar-refractivity contribution in [3.8, 4) is 5.75 Å². The zero-order valence-electron chi connectivity index (χ0n) is 26.7. The van der Waals surface area contributed by atoms with E-state index in [1.807, 2.05) is 57.7 Å². The van der Waals surface area contributed by atoms with E-state index in [1.54, 1.807) is 0 Å². The minimum Gasteiger partial charge on any atom is -0.491 e. The van der Waals surface area contributed by atoms with E-state index in [1.165, 1.54) is 14.2 Å². The van der Waals surface area contributed by atoms with E-state index >= 15 is 0 Å². The molecule has 0 radical (unpaired) electrons. The number of carboxylic acids is 1. The number of hydrogen-bond acceptors (Lipinski definition) is 12. The van der Waals surface area contributed by atoms with Crippen LogP contribution in [-0.2, 0) is 39.8 Å². The number of rotatable bonds is 16. The summed E-state index contributed by atoms with van der Waals surface area (Å²) in [6.07, 6.45) is 1.65. The molecule has 13 heteroatoms. The van der Waals surface area contributed by atoms with E-state index in [0.29, 0.717) is 84.3 Å². The van der Waals surface area contributed by atoms with Crippen LogP contribution in [0, 0.1) is 0 Å². The molecule has 0 aliphatic carbocycles. The molecule has 1 N–H and O–H groups in total. The molecule has 1 aromatic rings. The highest BCUT2D eigenvalue weighted by Crippen LogP contribution is 2.17. The number of carbonyl (C=O) groups excluding carboxylic acids is 3. The molecule has 0 saturated carbocycles. The fourth-order valence-corrected chi connectivity index (χ4v) is 5.23. The molecule has 13 nitrogen and oxygen atoms in total. The van der Waals surface area contributed by atoms with Crippen LogP contribution in [0.2, 0.25) is 0 Å². The van der Waals surface area contributed by atoms with E-state index in [4.69, 9.17) is 18.9 Å². The number of carbonyl (C=O) groups is 4. The fourth-order valence-electron chi connectivity index (χ4n) is 5.23. The van der Waals surface area contributed by atoms with Crippen LogP contribution < -0.4 is 4.74 Å². The van der Waals surface area contributed by atoms with Crippen LogP contribution >= 0.6 is 0 Å². The Morgan fingerprint density at radius 3 is 1.93 bits per heavy atom. The molecule has 1 fully saturated rings. The molecule has 2 unspecified atom stereocenters. The Morgan fingerprint density at radius 1 is 0.841 bits per heavy atom. The van der Waals surface area contributed by atoms with Crippen molar-refractivity contribution in [3.05, 3.63) is 29.8 Å². The molecular formula is C31H50N4O9. The number of hydrogen-bond donors (Lipinski definition) is 1. The zero-order valence-corrected chi connectivity index (χ0v) is 26.7. The second-order valence-corrected chi connectivity index (χ2v) is 10.6. The molecule has 44 heavy (non-hydrogen) atoms. The van der Waals surface area contributed by atoms with Gasteiger partial charge in [0, 0.05) is 59.0 Å². The quantitative estimate of drug-likeness (QED) is 0.157. The second kappa shape index (κ2) is 20.8. The lowest BCUT2D eigenvalue weighted by molar-refractivity contribution is -0.148. The monoisotopic (exact) mass is 622 g/mol. The minimum absolute atomic E-state index is 0.0347. The van der Waals surface area contributed by atoms with E-state index in [0.717, 1.165) is 11.8 Å². The number of aliphatic carboxylic acids is 1. The highest BCUT2D eigenvalue weighted by molar-refractivity contribution is 5.75. The molecule has 0 bridgehead atoms. The summed E-state index contributed by atoms with van der Waals surface area (Å²) in [7, 11) is 2.70. The lowest BCUT2D eigenvalue weighted by atomic mass is 10.0. The summed E-state index contributed by atoms with van der Waals surface area (Å²) < 4.78 is 21.0. The third-order valence-electron chi connectivity index (χ3n) is 7.81. The molecule has 0 aromatic heterocycles. The van der Waals surface area contributed by atoms with Gasteiger partial charge in [0.25, 0.3) is 0 Å². The van der Waals surface area contributed by atoms with Crippen LogP contribution in [0.1, 0.15) is 25.8 Å². The molecule has 0 spiro atoms. The SMILES string of the molecule is CCOCCOc1ccc(CC(C(=O)O)N2CCN(CC=O)CCN(C(CC)C(=O)OC)CCN(CC(=O)OC)CC2)cc1. The van der Waals surface area contributed by atoms with E-state index in [-0.39, 0.29) is 25.5 Å². The van der Waals surface area contributed by atoms with Gasteiger partial charge in [-0.25, -0.2) is 0 Å². The molecule has 2 atom stereocenters. The molecular weight excluding hydrogens is 572 g/mol. The predicted octanol–water partition coefficient (Wildman–Crippen LogP) is 0.643. The summed E-state index contributed by atoms with van der Waals surface area (Å²) >= 11 is 0. The van der Waals surface area contributed by atoms with E-state index in [2.05, 4.69) is 0 Å². The molecule has 1 aliphatic rings. The highest BCUT2D eigenvalue weighted by atomic mass is 16.5. The third kappa shape index (κ3) is 12.9. The Labute approximate surface area is 260 Å². The van der Waals surface area contributed by atoms with Gasteiger partial charge >= 0.3 is 17.9 Å². The molecule has 2 rings (SSSR count). The first-order valence-electron chi connectivity index (χ1n) is 15.3. The van der Waals surface area contributed by atoms with Gasteiger partial charge in [-0.05, 0) is 37.5 Å². The van der Waals surface area contributed by atoms with Gasteiger partial charge in [-0.15, -0.1) is 0 Å². The molecule has 1 heterocycles.